The first kappa shape index (κ1) is 25.4. The van der Waals surface area contributed by atoms with E-state index in [0.29, 0.717) is 25.7 Å². The second-order valence-corrected chi connectivity index (χ2v) is 11.2. The standard InChI is InChI=1S/C18H32Br4O2/c1-2-3-7-10-14(19)16(21)13-17(22)15(20)11-8-5-4-6-9-12-18(23)24/h14-17H,2-13H2,1H3,(H,23,24)/t14-,15-,16+,17+/m1/s1. The highest BCUT2D eigenvalue weighted by molar-refractivity contribution is 9.13. The van der Waals surface area contributed by atoms with E-state index in [1.54, 1.807) is 0 Å². The molecule has 2 nitrogen and oxygen atoms in total. The average Bonchev–Trinajstić information content (AvgIpc) is 2.53. The second kappa shape index (κ2) is 16.6. The fourth-order valence-corrected chi connectivity index (χ4v) is 5.52. The number of hydrogen-bond donors (Lipinski definition) is 1. The lowest BCUT2D eigenvalue weighted by atomic mass is 10.0. The van der Waals surface area contributed by atoms with Crippen LogP contribution in [0.15, 0.2) is 0 Å². The third kappa shape index (κ3) is 14.5. The minimum Gasteiger partial charge on any atom is -0.481 e. The van der Waals surface area contributed by atoms with E-state index in [0.717, 1.165) is 32.1 Å². The summed E-state index contributed by atoms with van der Waals surface area (Å²) in [5, 5.41) is 8.60. The van der Waals surface area contributed by atoms with E-state index in [1.807, 2.05) is 0 Å². The van der Waals surface area contributed by atoms with Gasteiger partial charge in [0.1, 0.15) is 0 Å². The van der Waals surface area contributed by atoms with Crippen LogP contribution in [0, 0.1) is 0 Å². The molecule has 0 aliphatic heterocycles. The van der Waals surface area contributed by atoms with Gasteiger partial charge in [0, 0.05) is 25.7 Å². The van der Waals surface area contributed by atoms with E-state index in [9.17, 15) is 4.79 Å². The highest BCUT2D eigenvalue weighted by atomic mass is 79.9. The molecule has 0 aliphatic carbocycles. The summed E-state index contributed by atoms with van der Waals surface area (Å²) < 4.78 is 0. The summed E-state index contributed by atoms with van der Waals surface area (Å²) >= 11 is 15.3. The molecule has 1 N–H and O–H groups in total. The number of alkyl halides is 4. The predicted octanol–water partition coefficient (Wildman–Crippen LogP) is 7.83. The lowest BCUT2D eigenvalue weighted by molar-refractivity contribution is -0.137. The summed E-state index contributed by atoms with van der Waals surface area (Å²) in [6.45, 7) is 2.24. The van der Waals surface area contributed by atoms with Crippen molar-refractivity contribution in [3.8, 4) is 0 Å². The van der Waals surface area contributed by atoms with Gasteiger partial charge in [0.15, 0.2) is 0 Å². The summed E-state index contributed by atoms with van der Waals surface area (Å²) in [7, 11) is 0. The number of halogens is 4. The molecule has 0 rings (SSSR count). The third-order valence-electron chi connectivity index (χ3n) is 4.19. The van der Waals surface area contributed by atoms with E-state index >= 15 is 0 Å². The van der Waals surface area contributed by atoms with Crippen LogP contribution in [0.5, 0.6) is 0 Å². The van der Waals surface area contributed by atoms with Crippen LogP contribution in [0.25, 0.3) is 0 Å². The molecule has 0 saturated carbocycles. The fraction of sp³-hybridized carbons (Fsp3) is 0.944. The Morgan fingerprint density at radius 2 is 1.21 bits per heavy atom. The number of hydrogen-bond acceptors (Lipinski definition) is 1. The zero-order chi connectivity index (χ0) is 18.4. The van der Waals surface area contributed by atoms with E-state index in [-0.39, 0.29) is 0 Å². The van der Waals surface area contributed by atoms with Crippen LogP contribution in [0.4, 0.5) is 0 Å². The maximum absolute atomic E-state index is 10.4. The Balaban J connectivity index is 3.74. The van der Waals surface area contributed by atoms with E-state index in [2.05, 4.69) is 70.6 Å². The topological polar surface area (TPSA) is 37.3 Å². The Morgan fingerprint density at radius 3 is 1.71 bits per heavy atom. The van der Waals surface area contributed by atoms with Gasteiger partial charge in [-0.15, -0.1) is 0 Å². The zero-order valence-corrected chi connectivity index (χ0v) is 21.0. The van der Waals surface area contributed by atoms with Gasteiger partial charge in [-0.3, -0.25) is 4.79 Å². The van der Waals surface area contributed by atoms with Crippen molar-refractivity contribution in [2.75, 3.05) is 0 Å². The SMILES string of the molecule is CCCCC[C@@H](Br)[C@@H](Br)C[C@H](Br)[C@H](Br)CCCCCCCC(=O)O. The Kier molecular flexibility index (Phi) is 17.5. The highest BCUT2D eigenvalue weighted by Gasteiger charge is 2.23. The van der Waals surface area contributed by atoms with Gasteiger partial charge in [0.25, 0.3) is 0 Å². The van der Waals surface area contributed by atoms with Crippen LogP contribution in [-0.2, 0) is 4.79 Å². The fourth-order valence-electron chi connectivity index (χ4n) is 2.61. The Morgan fingerprint density at radius 1 is 0.750 bits per heavy atom. The molecule has 0 aromatic heterocycles. The molecular formula is C18H32Br4O2. The molecule has 24 heavy (non-hydrogen) atoms. The summed E-state index contributed by atoms with van der Waals surface area (Å²) in [6.07, 6.45) is 13.1. The van der Waals surface area contributed by atoms with Crippen molar-refractivity contribution >= 4 is 69.7 Å². The van der Waals surface area contributed by atoms with Crippen molar-refractivity contribution in [1.82, 2.24) is 0 Å². The normalized spacial score (nSPS) is 16.5. The van der Waals surface area contributed by atoms with Gasteiger partial charge < -0.3 is 5.11 Å². The van der Waals surface area contributed by atoms with Crippen molar-refractivity contribution < 1.29 is 9.90 Å². The van der Waals surface area contributed by atoms with Crippen molar-refractivity contribution in [3.05, 3.63) is 0 Å². The predicted molar refractivity (Wildman–Crippen MR) is 120 cm³/mol. The highest BCUT2D eigenvalue weighted by Crippen LogP contribution is 2.31. The number of aliphatic carboxylic acids is 1. The van der Waals surface area contributed by atoms with Crippen molar-refractivity contribution in [2.24, 2.45) is 0 Å². The Bertz CT molecular complexity index is 315. The van der Waals surface area contributed by atoms with Gasteiger partial charge >= 0.3 is 5.97 Å². The maximum Gasteiger partial charge on any atom is 0.303 e. The van der Waals surface area contributed by atoms with Gasteiger partial charge in [-0.25, -0.2) is 0 Å². The molecule has 0 radical (unpaired) electrons. The van der Waals surface area contributed by atoms with Gasteiger partial charge in [-0.1, -0.05) is 116 Å². The van der Waals surface area contributed by atoms with Crippen molar-refractivity contribution in [3.63, 3.8) is 0 Å². The number of carboxylic acid groups (broad SMARTS) is 1. The average molecular weight is 600 g/mol. The minimum absolute atomic E-state index is 0.309. The van der Waals surface area contributed by atoms with Gasteiger partial charge in [0.2, 0.25) is 0 Å². The smallest absolute Gasteiger partial charge is 0.303 e. The van der Waals surface area contributed by atoms with Gasteiger partial charge in [-0.2, -0.15) is 0 Å². The molecule has 0 fully saturated rings. The summed E-state index contributed by atoms with van der Waals surface area (Å²) in [6, 6.07) is 0. The first-order valence-corrected chi connectivity index (χ1v) is 12.8. The summed E-state index contributed by atoms with van der Waals surface area (Å²) in [5.74, 6) is -0.679. The minimum atomic E-state index is -0.679. The van der Waals surface area contributed by atoms with Crippen LogP contribution in [0.1, 0.15) is 84.0 Å². The van der Waals surface area contributed by atoms with Crippen molar-refractivity contribution in [1.29, 1.82) is 0 Å². The monoisotopic (exact) mass is 596 g/mol. The van der Waals surface area contributed by atoms with E-state index in [4.69, 9.17) is 5.11 Å². The van der Waals surface area contributed by atoms with Crippen LogP contribution in [-0.4, -0.2) is 30.4 Å². The number of unbranched alkanes of at least 4 members (excludes halogenated alkanes) is 6. The van der Waals surface area contributed by atoms with E-state index in [1.165, 1.54) is 38.5 Å². The number of rotatable bonds is 16. The third-order valence-corrected chi connectivity index (χ3v) is 9.82. The number of carbonyl (C=O) groups is 1. The molecular weight excluding hydrogens is 568 g/mol. The molecule has 0 spiro atoms. The van der Waals surface area contributed by atoms with Crippen LogP contribution in [0.2, 0.25) is 0 Å². The Hall–Kier alpha value is 1.39. The van der Waals surface area contributed by atoms with Crippen LogP contribution >= 0.6 is 63.7 Å². The lowest BCUT2D eigenvalue weighted by Gasteiger charge is -2.23. The molecule has 0 bridgehead atoms. The largest absolute Gasteiger partial charge is 0.481 e. The summed E-state index contributed by atoms with van der Waals surface area (Å²) in [4.78, 5) is 12.4. The molecule has 144 valence electrons. The molecule has 0 unspecified atom stereocenters. The molecule has 6 heteroatoms. The van der Waals surface area contributed by atoms with Crippen LogP contribution in [0.3, 0.4) is 0 Å². The molecule has 0 aromatic carbocycles. The Labute approximate surface area is 181 Å². The number of carboxylic acids is 1. The molecule has 0 saturated heterocycles. The summed E-state index contributed by atoms with van der Waals surface area (Å²) in [5.41, 5.74) is 0. The van der Waals surface area contributed by atoms with Gasteiger partial charge in [-0.05, 0) is 25.7 Å². The molecule has 0 aromatic rings. The maximum atomic E-state index is 10.4. The molecule has 0 heterocycles. The zero-order valence-electron chi connectivity index (χ0n) is 14.7. The molecule has 0 aliphatic rings. The van der Waals surface area contributed by atoms with Crippen LogP contribution < -0.4 is 0 Å². The first-order valence-electron chi connectivity index (χ1n) is 9.16. The van der Waals surface area contributed by atoms with E-state index < -0.39 is 5.97 Å². The van der Waals surface area contributed by atoms with Crippen molar-refractivity contribution in [2.45, 2.75) is 103 Å². The first-order chi connectivity index (χ1) is 11.4. The van der Waals surface area contributed by atoms with Gasteiger partial charge in [0.05, 0.1) is 0 Å². The molecule has 4 atom stereocenters. The quantitative estimate of drug-likeness (QED) is 0.145. The lowest BCUT2D eigenvalue weighted by Crippen LogP contribution is -2.23. The molecule has 0 amide bonds. The second-order valence-electron chi connectivity index (χ2n) is 6.50.